The third-order valence-electron chi connectivity index (χ3n) is 5.36. The van der Waals surface area contributed by atoms with Crippen LogP contribution in [0.1, 0.15) is 111 Å². The van der Waals surface area contributed by atoms with Gasteiger partial charge in [-0.2, -0.15) is 0 Å². The van der Waals surface area contributed by atoms with E-state index in [2.05, 4.69) is 27.7 Å². The molecule has 0 aromatic rings. The van der Waals surface area contributed by atoms with E-state index in [4.69, 9.17) is 4.43 Å². The molecule has 25 heavy (non-hydrogen) atoms. The minimum atomic E-state index is 0.0294. The number of hydrogen-bond acceptors (Lipinski definition) is 3. The average molecular weight is 389 g/mol. The zero-order chi connectivity index (χ0) is 19.0. The van der Waals surface area contributed by atoms with E-state index < -0.39 is 0 Å². The van der Waals surface area contributed by atoms with E-state index in [1.54, 1.807) is 11.8 Å². The molecule has 4 heteroatoms. The van der Waals surface area contributed by atoms with Crippen molar-refractivity contribution in [3.8, 4) is 0 Å². The standard InChI is InChI=1S/C21H44O2SSi/c1-5-9-12-13-15-20(22)24-18-19(14-10-6-2)21(23-25,16-8-4)17-11-7-3/h19H,5-18H2,1-4,25H3. The fraction of sp³-hybridized carbons (Fsp3) is 0.952. The second-order valence-corrected chi connectivity index (χ2v) is 8.94. The van der Waals surface area contributed by atoms with Crippen LogP contribution in [0, 0.1) is 5.92 Å². The molecule has 0 saturated carbocycles. The molecule has 0 N–H and O–H groups in total. The SMILES string of the molecule is CCCCCCC(=O)SCC(CCCC)C(CCC)(CCCC)O[SiH3]. The fourth-order valence-electron chi connectivity index (χ4n) is 3.71. The van der Waals surface area contributed by atoms with Crippen LogP contribution in [0.15, 0.2) is 0 Å². The third-order valence-corrected chi connectivity index (χ3v) is 7.27. The van der Waals surface area contributed by atoms with E-state index in [0.717, 1.165) is 35.5 Å². The fourth-order valence-corrected chi connectivity index (χ4v) is 5.60. The molecule has 2 unspecified atom stereocenters. The van der Waals surface area contributed by atoms with Gasteiger partial charge >= 0.3 is 0 Å². The van der Waals surface area contributed by atoms with Crippen molar-refractivity contribution >= 4 is 27.4 Å². The molecule has 2 atom stereocenters. The van der Waals surface area contributed by atoms with Gasteiger partial charge in [-0.25, -0.2) is 0 Å². The molecule has 150 valence electrons. The Morgan fingerprint density at radius 1 is 0.920 bits per heavy atom. The summed E-state index contributed by atoms with van der Waals surface area (Å²) in [5, 5.41) is 0.395. The molecule has 0 saturated heterocycles. The van der Waals surface area contributed by atoms with Crippen molar-refractivity contribution in [2.75, 3.05) is 5.75 Å². The van der Waals surface area contributed by atoms with Gasteiger partial charge in [0, 0.05) is 12.2 Å². The Morgan fingerprint density at radius 2 is 1.60 bits per heavy atom. The Kier molecular flexibility index (Phi) is 16.5. The minimum absolute atomic E-state index is 0.0294. The first-order valence-corrected chi connectivity index (χ1v) is 12.6. The lowest BCUT2D eigenvalue weighted by Gasteiger charge is -2.41. The summed E-state index contributed by atoms with van der Waals surface area (Å²) >= 11 is 1.59. The highest BCUT2D eigenvalue weighted by Crippen LogP contribution is 2.38. The van der Waals surface area contributed by atoms with E-state index in [0.29, 0.717) is 11.0 Å². The smallest absolute Gasteiger partial charge is 0.188 e. The van der Waals surface area contributed by atoms with Crippen LogP contribution in [-0.4, -0.2) is 27.0 Å². The van der Waals surface area contributed by atoms with Crippen LogP contribution >= 0.6 is 11.8 Å². The molecule has 0 bridgehead atoms. The van der Waals surface area contributed by atoms with Gasteiger partial charge in [-0.3, -0.25) is 4.79 Å². The maximum absolute atomic E-state index is 12.3. The number of hydrogen-bond donors (Lipinski definition) is 0. The minimum Gasteiger partial charge on any atom is -0.422 e. The first-order valence-electron chi connectivity index (χ1n) is 10.8. The first kappa shape index (κ1) is 25.2. The maximum atomic E-state index is 12.3. The van der Waals surface area contributed by atoms with Crippen molar-refractivity contribution < 1.29 is 9.22 Å². The first-order chi connectivity index (χ1) is 12.1. The highest BCUT2D eigenvalue weighted by molar-refractivity contribution is 8.13. The highest BCUT2D eigenvalue weighted by Gasteiger charge is 2.36. The van der Waals surface area contributed by atoms with Crippen molar-refractivity contribution in [3.63, 3.8) is 0 Å². The summed E-state index contributed by atoms with van der Waals surface area (Å²) in [6, 6.07) is 0. The molecule has 0 radical (unpaired) electrons. The molecular formula is C21H44O2SSi. The van der Waals surface area contributed by atoms with Gasteiger partial charge in [-0.1, -0.05) is 90.8 Å². The lowest BCUT2D eigenvalue weighted by molar-refractivity contribution is -0.111. The van der Waals surface area contributed by atoms with Crippen LogP contribution in [0.2, 0.25) is 0 Å². The normalized spacial score (nSPS) is 15.2. The van der Waals surface area contributed by atoms with Crippen molar-refractivity contribution in [2.45, 2.75) is 117 Å². The third kappa shape index (κ3) is 10.8. The summed E-state index contributed by atoms with van der Waals surface area (Å²) in [5.74, 6) is 1.49. The molecule has 0 aliphatic rings. The second kappa shape index (κ2) is 16.4. The van der Waals surface area contributed by atoms with Crippen molar-refractivity contribution in [1.29, 1.82) is 0 Å². The number of thioether (sulfide) groups is 1. The van der Waals surface area contributed by atoms with Gasteiger partial charge in [-0.05, 0) is 31.6 Å². The van der Waals surface area contributed by atoms with Gasteiger partial charge < -0.3 is 4.43 Å². The molecule has 0 amide bonds. The molecule has 0 aromatic carbocycles. The van der Waals surface area contributed by atoms with Gasteiger partial charge in [0.05, 0.1) is 5.60 Å². The Hall–Kier alpha value is 0.197. The average Bonchev–Trinajstić information content (AvgIpc) is 2.62. The molecule has 0 fully saturated rings. The summed E-state index contributed by atoms with van der Waals surface area (Å²) in [6.45, 7) is 9.01. The van der Waals surface area contributed by atoms with Crippen molar-refractivity contribution in [3.05, 3.63) is 0 Å². The number of carbonyl (C=O) groups is 1. The van der Waals surface area contributed by atoms with Crippen LogP contribution in [0.25, 0.3) is 0 Å². The van der Waals surface area contributed by atoms with Gasteiger partial charge in [0.15, 0.2) is 5.12 Å². The van der Waals surface area contributed by atoms with Crippen LogP contribution in [-0.2, 0) is 9.22 Å². The maximum Gasteiger partial charge on any atom is 0.188 e. The molecule has 0 rings (SSSR count). The predicted octanol–water partition coefficient (Wildman–Crippen LogP) is 6.05. The summed E-state index contributed by atoms with van der Waals surface area (Å²) in [4.78, 5) is 12.3. The topological polar surface area (TPSA) is 26.3 Å². The van der Waals surface area contributed by atoms with E-state index in [9.17, 15) is 4.79 Å². The zero-order valence-electron chi connectivity index (χ0n) is 17.7. The monoisotopic (exact) mass is 388 g/mol. The van der Waals surface area contributed by atoms with E-state index in [1.165, 1.54) is 64.2 Å². The Labute approximate surface area is 165 Å². The quantitative estimate of drug-likeness (QED) is 0.224. The molecule has 2 nitrogen and oxygen atoms in total. The van der Waals surface area contributed by atoms with Crippen LogP contribution in [0.4, 0.5) is 0 Å². The van der Waals surface area contributed by atoms with Crippen molar-refractivity contribution in [2.24, 2.45) is 5.92 Å². The molecule has 0 spiro atoms. The number of unbranched alkanes of at least 4 members (excludes halogenated alkanes) is 5. The van der Waals surface area contributed by atoms with Crippen LogP contribution in [0.5, 0.6) is 0 Å². The summed E-state index contributed by atoms with van der Waals surface area (Å²) < 4.78 is 6.30. The Morgan fingerprint density at radius 3 is 2.16 bits per heavy atom. The number of carbonyl (C=O) groups excluding carboxylic acids is 1. The zero-order valence-corrected chi connectivity index (χ0v) is 20.5. The van der Waals surface area contributed by atoms with Gasteiger partial charge in [-0.15, -0.1) is 0 Å². The van der Waals surface area contributed by atoms with E-state index in [1.807, 2.05) is 0 Å². The Balaban J connectivity index is 4.77. The van der Waals surface area contributed by atoms with E-state index >= 15 is 0 Å². The molecule has 0 aliphatic carbocycles. The molecule has 0 aromatic heterocycles. The Bertz CT molecular complexity index is 325. The summed E-state index contributed by atoms with van der Waals surface area (Å²) in [5.41, 5.74) is 0.0294. The predicted molar refractivity (Wildman–Crippen MR) is 117 cm³/mol. The lowest BCUT2D eigenvalue weighted by Crippen LogP contribution is -2.42. The van der Waals surface area contributed by atoms with Gasteiger partial charge in [0.2, 0.25) is 0 Å². The largest absolute Gasteiger partial charge is 0.422 e. The van der Waals surface area contributed by atoms with E-state index in [-0.39, 0.29) is 5.60 Å². The highest BCUT2D eigenvalue weighted by atomic mass is 32.2. The summed E-state index contributed by atoms with van der Waals surface area (Å²) in [7, 11) is 0.795. The van der Waals surface area contributed by atoms with Crippen LogP contribution < -0.4 is 0 Å². The van der Waals surface area contributed by atoms with Gasteiger partial charge in [0.25, 0.3) is 0 Å². The molecular weight excluding hydrogens is 344 g/mol. The second-order valence-electron chi connectivity index (χ2n) is 7.46. The van der Waals surface area contributed by atoms with Crippen molar-refractivity contribution in [1.82, 2.24) is 0 Å². The molecule has 0 aliphatic heterocycles. The van der Waals surface area contributed by atoms with Crippen LogP contribution in [0.3, 0.4) is 0 Å². The van der Waals surface area contributed by atoms with Gasteiger partial charge in [0.1, 0.15) is 10.5 Å². The number of rotatable bonds is 17. The lowest BCUT2D eigenvalue weighted by atomic mass is 9.78. The summed E-state index contributed by atoms with van der Waals surface area (Å²) in [6.07, 6.45) is 15.1. The molecule has 0 heterocycles.